The van der Waals surface area contributed by atoms with E-state index in [1.807, 2.05) is 6.92 Å². The summed E-state index contributed by atoms with van der Waals surface area (Å²) in [5.74, 6) is 0. The summed E-state index contributed by atoms with van der Waals surface area (Å²) in [6.45, 7) is 13.8. The van der Waals surface area contributed by atoms with Crippen LogP contribution in [0.3, 0.4) is 0 Å². The van der Waals surface area contributed by atoms with Crippen LogP contribution < -0.4 is 0 Å². The SMILES string of the molecule is CCCCCC[Si](OCC)(O[SiH](C)C)O[SiH](C)C. The van der Waals surface area contributed by atoms with E-state index in [4.69, 9.17) is 12.7 Å². The summed E-state index contributed by atoms with van der Waals surface area (Å²) in [4.78, 5) is 0. The van der Waals surface area contributed by atoms with Gasteiger partial charge in [0.15, 0.2) is 18.1 Å². The van der Waals surface area contributed by atoms with Crippen LogP contribution in [0.1, 0.15) is 39.5 Å². The molecule has 0 aromatic rings. The van der Waals surface area contributed by atoms with Gasteiger partial charge in [-0.25, -0.2) is 0 Å². The van der Waals surface area contributed by atoms with Gasteiger partial charge in [-0.2, -0.15) is 0 Å². The van der Waals surface area contributed by atoms with Gasteiger partial charge in [0.1, 0.15) is 0 Å². The largest absolute Gasteiger partial charge is 0.479 e. The molecule has 6 heteroatoms. The van der Waals surface area contributed by atoms with E-state index in [9.17, 15) is 0 Å². The number of hydrogen-bond donors (Lipinski definition) is 0. The number of rotatable bonds is 11. The third-order valence-electron chi connectivity index (χ3n) is 2.53. The Morgan fingerprint density at radius 2 is 1.39 bits per heavy atom. The van der Waals surface area contributed by atoms with Crippen molar-refractivity contribution in [3.05, 3.63) is 0 Å². The topological polar surface area (TPSA) is 27.7 Å². The molecule has 110 valence electrons. The minimum absolute atomic E-state index is 0.711. The van der Waals surface area contributed by atoms with E-state index in [1.54, 1.807) is 0 Å². The highest BCUT2D eigenvalue weighted by Gasteiger charge is 2.41. The first-order valence-corrected chi connectivity index (χ1v) is 14.9. The summed E-state index contributed by atoms with van der Waals surface area (Å²) in [7, 11) is -4.57. The van der Waals surface area contributed by atoms with E-state index in [-0.39, 0.29) is 0 Å². The van der Waals surface area contributed by atoms with Crippen molar-refractivity contribution in [2.24, 2.45) is 0 Å². The minimum Gasteiger partial charge on any atom is -0.419 e. The molecule has 0 aromatic carbocycles. The maximum Gasteiger partial charge on any atom is 0.479 e. The third kappa shape index (κ3) is 8.60. The summed E-state index contributed by atoms with van der Waals surface area (Å²) in [6, 6.07) is 1.01. The van der Waals surface area contributed by atoms with Gasteiger partial charge < -0.3 is 12.7 Å². The van der Waals surface area contributed by atoms with E-state index in [0.29, 0.717) is 6.61 Å². The Morgan fingerprint density at radius 3 is 1.78 bits per heavy atom. The van der Waals surface area contributed by atoms with Crippen LogP contribution in [0.4, 0.5) is 0 Å². The zero-order chi connectivity index (χ0) is 14.0. The molecule has 3 nitrogen and oxygen atoms in total. The second-order valence-corrected chi connectivity index (χ2v) is 13.5. The Kier molecular flexibility index (Phi) is 10.6. The lowest BCUT2D eigenvalue weighted by atomic mass is 10.2. The number of hydrogen-bond acceptors (Lipinski definition) is 3. The molecule has 0 fully saturated rings. The van der Waals surface area contributed by atoms with Gasteiger partial charge in [-0.15, -0.1) is 0 Å². The Morgan fingerprint density at radius 1 is 0.833 bits per heavy atom. The highest BCUT2D eigenvalue weighted by atomic mass is 28.5. The summed E-state index contributed by atoms with van der Waals surface area (Å²) in [5, 5.41) is 0. The lowest BCUT2D eigenvalue weighted by Crippen LogP contribution is -2.51. The van der Waals surface area contributed by atoms with Gasteiger partial charge in [0, 0.05) is 12.7 Å². The fourth-order valence-corrected chi connectivity index (χ4v) is 11.2. The van der Waals surface area contributed by atoms with Gasteiger partial charge in [-0.3, -0.25) is 0 Å². The molecule has 0 radical (unpaired) electrons. The van der Waals surface area contributed by atoms with Crippen LogP contribution >= 0.6 is 0 Å². The highest BCUT2D eigenvalue weighted by molar-refractivity contribution is 6.75. The minimum atomic E-state index is -2.35. The quantitative estimate of drug-likeness (QED) is 0.431. The Bertz CT molecular complexity index is 191. The van der Waals surface area contributed by atoms with Crippen LogP contribution in [0, 0.1) is 0 Å². The van der Waals surface area contributed by atoms with Crippen LogP contribution in [0.2, 0.25) is 32.2 Å². The zero-order valence-corrected chi connectivity index (χ0v) is 16.4. The van der Waals surface area contributed by atoms with Gasteiger partial charge in [0.05, 0.1) is 0 Å². The Balaban J connectivity index is 4.49. The molecule has 0 N–H and O–H groups in total. The van der Waals surface area contributed by atoms with Gasteiger partial charge in [0.25, 0.3) is 0 Å². The lowest BCUT2D eigenvalue weighted by molar-refractivity contribution is 0.174. The first-order chi connectivity index (χ1) is 8.45. The van der Waals surface area contributed by atoms with Crippen molar-refractivity contribution < 1.29 is 12.7 Å². The van der Waals surface area contributed by atoms with Gasteiger partial charge in [-0.05, 0) is 39.5 Å². The third-order valence-corrected chi connectivity index (χ3v) is 10.9. The fourth-order valence-electron chi connectivity index (χ4n) is 1.99. The molecule has 0 atom stereocenters. The average molecular weight is 309 g/mol. The second-order valence-electron chi connectivity index (χ2n) is 5.26. The molecule has 0 aliphatic rings. The molecule has 0 saturated carbocycles. The molecule has 18 heavy (non-hydrogen) atoms. The van der Waals surface area contributed by atoms with Crippen LogP contribution in [0.15, 0.2) is 0 Å². The molecule has 0 heterocycles. The van der Waals surface area contributed by atoms with Crippen LogP contribution in [0.5, 0.6) is 0 Å². The smallest absolute Gasteiger partial charge is 0.419 e. The molecule has 0 unspecified atom stereocenters. The average Bonchev–Trinajstić information content (AvgIpc) is 2.23. The lowest BCUT2D eigenvalue weighted by Gasteiger charge is -2.33. The zero-order valence-electron chi connectivity index (χ0n) is 13.1. The first-order valence-electron chi connectivity index (χ1n) is 7.45. The fraction of sp³-hybridized carbons (Fsp3) is 1.00. The highest BCUT2D eigenvalue weighted by Crippen LogP contribution is 2.22. The summed E-state index contributed by atoms with van der Waals surface area (Å²) in [6.07, 6.45) is 5.02. The molecule has 0 amide bonds. The Labute approximate surface area is 118 Å². The molecule has 0 bridgehead atoms. The van der Waals surface area contributed by atoms with E-state index in [0.717, 1.165) is 6.04 Å². The van der Waals surface area contributed by atoms with Crippen molar-refractivity contribution in [1.82, 2.24) is 0 Å². The number of unbranched alkanes of at least 4 members (excludes halogenated alkanes) is 3. The normalized spacial score (nSPS) is 12.7. The van der Waals surface area contributed by atoms with Gasteiger partial charge >= 0.3 is 8.80 Å². The second kappa shape index (κ2) is 10.3. The molecule has 0 spiro atoms. The van der Waals surface area contributed by atoms with E-state index >= 15 is 0 Å². The van der Waals surface area contributed by atoms with Crippen LogP contribution in [-0.4, -0.2) is 33.5 Å². The van der Waals surface area contributed by atoms with E-state index in [2.05, 4.69) is 33.1 Å². The molecule has 0 saturated heterocycles. The van der Waals surface area contributed by atoms with Crippen LogP contribution in [0.25, 0.3) is 0 Å². The van der Waals surface area contributed by atoms with Gasteiger partial charge in [0.2, 0.25) is 0 Å². The predicted octanol–water partition coefficient (Wildman–Crippen LogP) is 3.54. The van der Waals surface area contributed by atoms with Crippen LogP contribution in [-0.2, 0) is 12.7 Å². The summed E-state index contributed by atoms with van der Waals surface area (Å²) in [5.41, 5.74) is 0. The Hall–Kier alpha value is 0.531. The van der Waals surface area contributed by atoms with Crippen molar-refractivity contribution >= 4 is 26.9 Å². The van der Waals surface area contributed by atoms with Crippen molar-refractivity contribution in [3.63, 3.8) is 0 Å². The predicted molar refractivity (Wildman–Crippen MR) is 86.3 cm³/mol. The van der Waals surface area contributed by atoms with Crippen molar-refractivity contribution in [1.29, 1.82) is 0 Å². The molecule has 0 rings (SSSR count). The van der Waals surface area contributed by atoms with Crippen molar-refractivity contribution in [2.45, 2.75) is 71.8 Å². The standard InChI is InChI=1S/C12H32O3Si3/c1-7-9-10-11-12-18(13-8-2,14-16(3)4)15-17(5)6/h16-17H,7-12H2,1-6H3. The summed E-state index contributed by atoms with van der Waals surface area (Å²) >= 11 is 0. The molecular formula is C12H32O3Si3. The summed E-state index contributed by atoms with van der Waals surface area (Å²) < 4.78 is 18.5. The molecular weight excluding hydrogens is 276 g/mol. The van der Waals surface area contributed by atoms with Crippen molar-refractivity contribution in [2.75, 3.05) is 6.61 Å². The maximum absolute atomic E-state index is 6.24. The molecule has 0 aliphatic heterocycles. The monoisotopic (exact) mass is 308 g/mol. The molecule has 0 aliphatic carbocycles. The van der Waals surface area contributed by atoms with Gasteiger partial charge in [-0.1, -0.05) is 26.2 Å². The van der Waals surface area contributed by atoms with E-state index in [1.165, 1.54) is 25.7 Å². The van der Waals surface area contributed by atoms with E-state index < -0.39 is 26.9 Å². The maximum atomic E-state index is 6.24. The van der Waals surface area contributed by atoms with Crippen molar-refractivity contribution in [3.8, 4) is 0 Å². The molecule has 0 aromatic heterocycles. The first kappa shape index (κ1) is 18.5.